The second-order valence-electron chi connectivity index (χ2n) is 8.22. The van der Waals surface area contributed by atoms with Crippen molar-refractivity contribution in [1.82, 2.24) is 9.80 Å². The molecule has 0 aliphatic carbocycles. The molecule has 2 aromatic rings. The van der Waals surface area contributed by atoms with E-state index in [4.69, 9.17) is 0 Å². The number of anilines is 1. The Kier molecular flexibility index (Phi) is 6.40. The highest BCUT2D eigenvalue weighted by Gasteiger charge is 2.41. The molecule has 6 nitrogen and oxygen atoms in total. The molecule has 0 bridgehead atoms. The smallest absolute Gasteiger partial charge is 0.368 e. The maximum Gasteiger partial charge on any atom is 0.416 e. The topological polar surface area (TPSA) is 60.9 Å². The number of halogens is 3. The number of carbonyl (C=O) groups excluding carboxylic acids is 3. The summed E-state index contributed by atoms with van der Waals surface area (Å²) in [7, 11) is 0. The van der Waals surface area contributed by atoms with Gasteiger partial charge < -0.3 is 9.80 Å². The molecule has 3 amide bonds. The van der Waals surface area contributed by atoms with Crippen molar-refractivity contribution < 1.29 is 27.6 Å². The van der Waals surface area contributed by atoms with E-state index in [9.17, 15) is 27.6 Å². The molecule has 2 saturated heterocycles. The first kappa shape index (κ1) is 22.8. The van der Waals surface area contributed by atoms with Crippen LogP contribution >= 0.6 is 0 Å². The first-order chi connectivity index (χ1) is 15.7. The van der Waals surface area contributed by atoms with Crippen molar-refractivity contribution in [3.8, 4) is 0 Å². The number of amides is 3. The van der Waals surface area contributed by atoms with Gasteiger partial charge in [-0.2, -0.15) is 13.2 Å². The zero-order chi connectivity index (χ0) is 23.6. The number of likely N-dealkylation sites (tertiary alicyclic amines) is 1. The second kappa shape index (κ2) is 9.25. The lowest BCUT2D eigenvalue weighted by Gasteiger charge is -2.39. The van der Waals surface area contributed by atoms with Crippen molar-refractivity contribution in [2.75, 3.05) is 31.1 Å². The summed E-state index contributed by atoms with van der Waals surface area (Å²) in [5.74, 6) is -1.01. The molecular formula is C24H24F3N3O3. The summed E-state index contributed by atoms with van der Waals surface area (Å²) >= 11 is 0. The van der Waals surface area contributed by atoms with Gasteiger partial charge in [-0.1, -0.05) is 36.4 Å². The molecule has 1 unspecified atom stereocenters. The van der Waals surface area contributed by atoms with E-state index in [-0.39, 0.29) is 50.1 Å². The maximum atomic E-state index is 13.4. The Morgan fingerprint density at radius 3 is 2.12 bits per heavy atom. The summed E-state index contributed by atoms with van der Waals surface area (Å²) in [5.41, 5.74) is 0.570. The molecule has 174 valence electrons. The van der Waals surface area contributed by atoms with E-state index in [1.54, 1.807) is 15.9 Å². The Bertz CT molecular complexity index is 1020. The van der Waals surface area contributed by atoms with Gasteiger partial charge in [0.25, 0.3) is 0 Å². The van der Waals surface area contributed by atoms with Crippen molar-refractivity contribution >= 4 is 23.4 Å². The minimum Gasteiger partial charge on any atom is -0.368 e. The molecule has 2 heterocycles. The number of rotatable bonds is 5. The van der Waals surface area contributed by atoms with Gasteiger partial charge in [0.15, 0.2) is 0 Å². The van der Waals surface area contributed by atoms with Crippen molar-refractivity contribution in [2.24, 2.45) is 0 Å². The van der Waals surface area contributed by atoms with Gasteiger partial charge >= 0.3 is 6.18 Å². The zero-order valence-electron chi connectivity index (χ0n) is 17.9. The fourth-order valence-corrected chi connectivity index (χ4v) is 4.34. The second-order valence-corrected chi connectivity index (χ2v) is 8.22. The third kappa shape index (κ3) is 5.02. The third-order valence-corrected chi connectivity index (χ3v) is 6.09. The van der Waals surface area contributed by atoms with Crippen LogP contribution < -0.4 is 4.90 Å². The zero-order valence-corrected chi connectivity index (χ0v) is 17.9. The lowest BCUT2D eigenvalue weighted by atomic mass is 10.0. The molecule has 0 spiro atoms. The molecule has 2 aromatic carbocycles. The van der Waals surface area contributed by atoms with E-state index < -0.39 is 17.8 Å². The SMILES string of the molecule is O=C(C(Cc1ccccc1)N1C(=O)CCC1=O)N1CCN(c2cccc(C(F)(F)F)c2)CC1. The minimum atomic E-state index is -4.42. The Balaban J connectivity index is 1.48. The fraction of sp³-hybridized carbons (Fsp3) is 0.375. The highest BCUT2D eigenvalue weighted by molar-refractivity contribution is 6.05. The van der Waals surface area contributed by atoms with Gasteiger partial charge in [0, 0.05) is 51.1 Å². The molecule has 0 radical (unpaired) electrons. The normalized spacial score (nSPS) is 18.1. The summed E-state index contributed by atoms with van der Waals surface area (Å²) in [4.78, 5) is 42.7. The number of nitrogens with zero attached hydrogens (tertiary/aromatic N) is 3. The van der Waals surface area contributed by atoms with E-state index in [2.05, 4.69) is 0 Å². The quantitative estimate of drug-likeness (QED) is 0.645. The molecule has 4 rings (SSSR count). The van der Waals surface area contributed by atoms with Crippen LogP contribution in [-0.4, -0.2) is 59.7 Å². The van der Waals surface area contributed by atoms with Crippen LogP contribution in [0.3, 0.4) is 0 Å². The Morgan fingerprint density at radius 1 is 0.879 bits per heavy atom. The van der Waals surface area contributed by atoms with Crippen LogP contribution in [0.25, 0.3) is 0 Å². The number of carbonyl (C=O) groups is 3. The average molecular weight is 459 g/mol. The van der Waals surface area contributed by atoms with E-state index in [1.165, 1.54) is 6.07 Å². The molecule has 33 heavy (non-hydrogen) atoms. The van der Waals surface area contributed by atoms with Crippen molar-refractivity contribution in [3.05, 3.63) is 65.7 Å². The van der Waals surface area contributed by atoms with Gasteiger partial charge in [0.05, 0.1) is 5.56 Å². The van der Waals surface area contributed by atoms with Gasteiger partial charge in [0.1, 0.15) is 6.04 Å². The Labute approximate surface area is 189 Å². The number of alkyl halides is 3. The molecule has 2 fully saturated rings. The number of piperazine rings is 1. The Hall–Kier alpha value is -3.36. The number of hydrogen-bond acceptors (Lipinski definition) is 4. The number of benzene rings is 2. The summed E-state index contributed by atoms with van der Waals surface area (Å²) in [6.45, 7) is 1.28. The van der Waals surface area contributed by atoms with Crippen LogP contribution in [0.4, 0.5) is 18.9 Å². The molecule has 9 heteroatoms. The largest absolute Gasteiger partial charge is 0.416 e. The van der Waals surface area contributed by atoms with Gasteiger partial charge in [-0.15, -0.1) is 0 Å². The molecule has 2 aliphatic rings. The van der Waals surface area contributed by atoms with E-state index in [1.807, 2.05) is 30.3 Å². The van der Waals surface area contributed by atoms with Gasteiger partial charge in [-0.05, 0) is 23.8 Å². The van der Waals surface area contributed by atoms with Gasteiger partial charge in [0.2, 0.25) is 17.7 Å². The Morgan fingerprint density at radius 2 is 1.52 bits per heavy atom. The van der Waals surface area contributed by atoms with Crippen molar-refractivity contribution in [1.29, 1.82) is 0 Å². The van der Waals surface area contributed by atoms with Gasteiger partial charge in [-0.25, -0.2) is 0 Å². The van der Waals surface area contributed by atoms with E-state index in [0.29, 0.717) is 18.8 Å². The highest BCUT2D eigenvalue weighted by Crippen LogP contribution is 2.32. The number of imide groups is 1. The molecular weight excluding hydrogens is 435 g/mol. The molecule has 0 saturated carbocycles. The van der Waals surface area contributed by atoms with Crippen LogP contribution in [0.2, 0.25) is 0 Å². The summed E-state index contributed by atoms with van der Waals surface area (Å²) < 4.78 is 39.2. The average Bonchev–Trinajstić information content (AvgIpc) is 3.15. The van der Waals surface area contributed by atoms with E-state index in [0.717, 1.165) is 22.6 Å². The molecule has 0 N–H and O–H groups in total. The van der Waals surface area contributed by atoms with Gasteiger partial charge in [-0.3, -0.25) is 19.3 Å². The van der Waals surface area contributed by atoms with Crippen LogP contribution in [0.1, 0.15) is 24.0 Å². The predicted molar refractivity (Wildman–Crippen MR) is 115 cm³/mol. The van der Waals surface area contributed by atoms with Crippen LogP contribution in [0.5, 0.6) is 0 Å². The summed E-state index contributed by atoms with van der Waals surface area (Å²) in [6.07, 6.45) is -4.00. The van der Waals surface area contributed by atoms with Crippen LogP contribution in [0.15, 0.2) is 54.6 Å². The highest BCUT2D eigenvalue weighted by atomic mass is 19.4. The molecule has 2 aliphatic heterocycles. The lowest BCUT2D eigenvalue weighted by Crippen LogP contribution is -2.56. The van der Waals surface area contributed by atoms with Crippen molar-refractivity contribution in [3.63, 3.8) is 0 Å². The molecule has 1 atom stereocenters. The van der Waals surface area contributed by atoms with Crippen LogP contribution in [0, 0.1) is 0 Å². The maximum absolute atomic E-state index is 13.4. The first-order valence-corrected chi connectivity index (χ1v) is 10.8. The monoisotopic (exact) mass is 459 g/mol. The van der Waals surface area contributed by atoms with E-state index >= 15 is 0 Å². The lowest BCUT2D eigenvalue weighted by molar-refractivity contribution is -0.150. The fourth-order valence-electron chi connectivity index (χ4n) is 4.34. The third-order valence-electron chi connectivity index (χ3n) is 6.09. The van der Waals surface area contributed by atoms with Crippen LogP contribution in [-0.2, 0) is 27.0 Å². The predicted octanol–water partition coefficient (Wildman–Crippen LogP) is 3.11. The summed E-state index contributed by atoms with van der Waals surface area (Å²) in [6, 6.07) is 13.4. The standard InChI is InChI=1S/C24H24F3N3O3/c25-24(26,27)18-7-4-8-19(16-18)28-11-13-29(14-12-28)23(33)20(15-17-5-2-1-3-6-17)30-21(31)9-10-22(30)32/h1-8,16,20H,9-15H2. The minimum absolute atomic E-state index is 0.0979. The first-order valence-electron chi connectivity index (χ1n) is 10.8. The number of hydrogen-bond donors (Lipinski definition) is 0. The van der Waals surface area contributed by atoms with Crippen molar-refractivity contribution in [2.45, 2.75) is 31.5 Å². The molecule has 0 aromatic heterocycles. The summed E-state index contributed by atoms with van der Waals surface area (Å²) in [5, 5.41) is 0.